The SMILES string of the molecule is NC(=O)NNC(=O)C1C2CC3CC(C2)CC1C3. The number of nitrogens with two attached hydrogens (primary N) is 1. The molecule has 4 aliphatic carbocycles. The maximum absolute atomic E-state index is 12.1. The summed E-state index contributed by atoms with van der Waals surface area (Å²) in [5.74, 6) is 2.81. The van der Waals surface area contributed by atoms with Crippen molar-refractivity contribution in [2.45, 2.75) is 32.1 Å². The Morgan fingerprint density at radius 2 is 1.41 bits per heavy atom. The van der Waals surface area contributed by atoms with E-state index < -0.39 is 6.03 Å². The number of hydrazine groups is 1. The largest absolute Gasteiger partial charge is 0.350 e. The molecular formula is C12H19N3O2. The average Bonchev–Trinajstić information content (AvgIpc) is 2.24. The number of amides is 3. The number of rotatable bonds is 1. The Morgan fingerprint density at radius 1 is 0.882 bits per heavy atom. The predicted octanol–water partition coefficient (Wildman–Crippen LogP) is 0.758. The van der Waals surface area contributed by atoms with Gasteiger partial charge < -0.3 is 5.73 Å². The Labute approximate surface area is 100 Å². The van der Waals surface area contributed by atoms with Gasteiger partial charge in [-0.2, -0.15) is 0 Å². The number of hydrogen-bond acceptors (Lipinski definition) is 2. The van der Waals surface area contributed by atoms with Crippen molar-refractivity contribution in [2.24, 2.45) is 35.3 Å². The summed E-state index contributed by atoms with van der Waals surface area (Å²) in [6.45, 7) is 0. The van der Waals surface area contributed by atoms with E-state index in [1.54, 1.807) is 0 Å². The molecule has 4 fully saturated rings. The zero-order valence-corrected chi connectivity index (χ0v) is 9.82. The minimum absolute atomic E-state index is 0.0439. The monoisotopic (exact) mass is 237 g/mol. The van der Waals surface area contributed by atoms with Crippen LogP contribution in [0.5, 0.6) is 0 Å². The molecule has 5 heteroatoms. The molecule has 94 valence electrons. The van der Waals surface area contributed by atoms with Gasteiger partial charge in [-0.25, -0.2) is 10.2 Å². The van der Waals surface area contributed by atoms with E-state index in [1.807, 2.05) is 0 Å². The van der Waals surface area contributed by atoms with Crippen molar-refractivity contribution in [3.8, 4) is 0 Å². The van der Waals surface area contributed by atoms with E-state index in [9.17, 15) is 9.59 Å². The van der Waals surface area contributed by atoms with Crippen molar-refractivity contribution in [3.05, 3.63) is 0 Å². The van der Waals surface area contributed by atoms with Gasteiger partial charge in [0.15, 0.2) is 0 Å². The van der Waals surface area contributed by atoms with Crippen LogP contribution in [0.3, 0.4) is 0 Å². The van der Waals surface area contributed by atoms with Crippen LogP contribution < -0.4 is 16.6 Å². The lowest BCUT2D eigenvalue weighted by molar-refractivity contribution is -0.138. The Kier molecular flexibility index (Phi) is 2.49. The van der Waals surface area contributed by atoms with Crippen LogP contribution >= 0.6 is 0 Å². The standard InChI is InChI=1S/C12H19N3O2/c13-12(17)15-14-11(16)10-8-2-6-1-7(4-8)5-9(10)3-6/h6-10H,1-5H2,(H,14,16)(H3,13,15,17). The van der Waals surface area contributed by atoms with E-state index >= 15 is 0 Å². The molecule has 4 saturated carbocycles. The van der Waals surface area contributed by atoms with Crippen LogP contribution in [0.25, 0.3) is 0 Å². The van der Waals surface area contributed by atoms with Gasteiger partial charge in [0.1, 0.15) is 0 Å². The van der Waals surface area contributed by atoms with Gasteiger partial charge >= 0.3 is 6.03 Å². The minimum atomic E-state index is -0.706. The van der Waals surface area contributed by atoms with Crippen LogP contribution in [0, 0.1) is 29.6 Å². The highest BCUT2D eigenvalue weighted by atomic mass is 16.2. The summed E-state index contributed by atoms with van der Waals surface area (Å²) in [4.78, 5) is 22.6. The first-order valence-electron chi connectivity index (χ1n) is 6.48. The second kappa shape index (κ2) is 3.89. The zero-order chi connectivity index (χ0) is 12.0. The average molecular weight is 237 g/mol. The number of nitrogens with one attached hydrogen (secondary N) is 2. The summed E-state index contributed by atoms with van der Waals surface area (Å²) >= 11 is 0. The summed E-state index contributed by atoms with van der Waals surface area (Å²) in [5, 5.41) is 0. The molecule has 0 spiro atoms. The maximum Gasteiger partial charge on any atom is 0.330 e. The van der Waals surface area contributed by atoms with Gasteiger partial charge in [0.05, 0.1) is 0 Å². The van der Waals surface area contributed by atoms with Crippen molar-refractivity contribution in [1.82, 2.24) is 10.9 Å². The van der Waals surface area contributed by atoms with Gasteiger partial charge in [0, 0.05) is 5.92 Å². The second-order valence-electron chi connectivity index (χ2n) is 5.94. The van der Waals surface area contributed by atoms with Crippen molar-refractivity contribution < 1.29 is 9.59 Å². The van der Waals surface area contributed by atoms with E-state index in [0.29, 0.717) is 11.8 Å². The number of primary amides is 1. The van der Waals surface area contributed by atoms with Crippen molar-refractivity contribution >= 4 is 11.9 Å². The summed E-state index contributed by atoms with van der Waals surface area (Å²) in [6.07, 6.45) is 6.16. The molecule has 4 rings (SSSR count). The van der Waals surface area contributed by atoms with Crippen LogP contribution in [0.1, 0.15) is 32.1 Å². The first kappa shape index (κ1) is 10.9. The van der Waals surface area contributed by atoms with Crippen LogP contribution in [0.2, 0.25) is 0 Å². The van der Waals surface area contributed by atoms with Crippen LogP contribution in [-0.2, 0) is 4.79 Å². The Hall–Kier alpha value is -1.26. The van der Waals surface area contributed by atoms with Gasteiger partial charge in [0.25, 0.3) is 0 Å². The first-order chi connectivity index (χ1) is 8.13. The van der Waals surface area contributed by atoms with E-state index in [1.165, 1.54) is 32.1 Å². The van der Waals surface area contributed by atoms with Gasteiger partial charge in [-0.3, -0.25) is 10.2 Å². The summed E-state index contributed by atoms with van der Waals surface area (Å²) < 4.78 is 0. The summed E-state index contributed by atoms with van der Waals surface area (Å²) in [6, 6.07) is -0.706. The molecule has 4 N–H and O–H groups in total. The van der Waals surface area contributed by atoms with Gasteiger partial charge in [0.2, 0.25) is 5.91 Å². The predicted molar refractivity (Wildman–Crippen MR) is 61.4 cm³/mol. The lowest BCUT2D eigenvalue weighted by Gasteiger charge is -2.53. The fourth-order valence-corrected chi connectivity index (χ4v) is 4.56. The molecule has 5 nitrogen and oxygen atoms in total. The molecular weight excluding hydrogens is 218 g/mol. The Balaban J connectivity index is 1.67. The highest BCUT2D eigenvalue weighted by Gasteiger charge is 2.50. The summed E-state index contributed by atoms with van der Waals surface area (Å²) in [5.41, 5.74) is 9.59. The molecule has 17 heavy (non-hydrogen) atoms. The number of hydrogen-bond donors (Lipinski definition) is 3. The van der Waals surface area contributed by atoms with E-state index in [-0.39, 0.29) is 11.8 Å². The molecule has 4 bridgehead atoms. The van der Waals surface area contributed by atoms with Crippen molar-refractivity contribution in [1.29, 1.82) is 0 Å². The molecule has 3 amide bonds. The molecule has 0 aromatic heterocycles. The molecule has 0 aromatic carbocycles. The molecule has 0 unspecified atom stereocenters. The van der Waals surface area contributed by atoms with E-state index in [0.717, 1.165) is 11.8 Å². The lowest BCUT2D eigenvalue weighted by atomic mass is 9.52. The Morgan fingerprint density at radius 3 is 1.88 bits per heavy atom. The lowest BCUT2D eigenvalue weighted by Crippen LogP contribution is -2.54. The molecule has 0 aromatic rings. The molecule has 0 atom stereocenters. The van der Waals surface area contributed by atoms with Gasteiger partial charge in [-0.05, 0) is 55.8 Å². The van der Waals surface area contributed by atoms with Crippen LogP contribution in [0.4, 0.5) is 4.79 Å². The Bertz CT molecular complexity index is 328. The normalized spacial score (nSPS) is 42.2. The van der Waals surface area contributed by atoms with Crippen LogP contribution in [-0.4, -0.2) is 11.9 Å². The third-order valence-corrected chi connectivity index (χ3v) is 4.84. The fraction of sp³-hybridized carbons (Fsp3) is 0.833. The number of carbonyl (C=O) groups excluding carboxylic acids is 2. The van der Waals surface area contributed by atoms with E-state index in [4.69, 9.17) is 5.73 Å². The van der Waals surface area contributed by atoms with Crippen molar-refractivity contribution in [2.75, 3.05) is 0 Å². The summed E-state index contributed by atoms with van der Waals surface area (Å²) in [7, 11) is 0. The maximum atomic E-state index is 12.1. The zero-order valence-electron chi connectivity index (χ0n) is 9.82. The molecule has 0 heterocycles. The highest BCUT2D eigenvalue weighted by Crippen LogP contribution is 2.56. The third kappa shape index (κ3) is 1.87. The third-order valence-electron chi connectivity index (χ3n) is 4.84. The van der Waals surface area contributed by atoms with E-state index in [2.05, 4.69) is 10.9 Å². The quantitative estimate of drug-likeness (QED) is 0.588. The smallest absolute Gasteiger partial charge is 0.330 e. The molecule has 0 saturated heterocycles. The molecule has 4 aliphatic rings. The molecule has 0 aliphatic heterocycles. The number of carbonyl (C=O) groups is 2. The molecule has 0 radical (unpaired) electrons. The number of urea groups is 1. The van der Waals surface area contributed by atoms with Gasteiger partial charge in [-0.15, -0.1) is 0 Å². The van der Waals surface area contributed by atoms with Crippen molar-refractivity contribution in [3.63, 3.8) is 0 Å². The fourth-order valence-electron chi connectivity index (χ4n) is 4.56. The highest BCUT2D eigenvalue weighted by molar-refractivity contribution is 5.82. The topological polar surface area (TPSA) is 84.2 Å². The van der Waals surface area contributed by atoms with Gasteiger partial charge in [-0.1, -0.05) is 0 Å². The minimum Gasteiger partial charge on any atom is -0.350 e. The first-order valence-corrected chi connectivity index (χ1v) is 6.48. The second-order valence-corrected chi connectivity index (χ2v) is 5.94. The van der Waals surface area contributed by atoms with Crippen LogP contribution in [0.15, 0.2) is 0 Å².